The normalized spacial score (nSPS) is 11.7. The first-order valence-corrected chi connectivity index (χ1v) is 6.62. The van der Waals surface area contributed by atoms with E-state index in [1.54, 1.807) is 4.90 Å². The molecule has 108 valence electrons. The minimum Gasteiger partial charge on any atom is -0.480 e. The molecule has 0 spiro atoms. The molecule has 6 nitrogen and oxygen atoms in total. The third-order valence-corrected chi connectivity index (χ3v) is 2.44. The van der Waals surface area contributed by atoms with Crippen LogP contribution in [-0.2, 0) is 17.8 Å². The molecule has 6 heteroatoms. The highest BCUT2D eigenvalue weighted by molar-refractivity contribution is 5.69. The van der Waals surface area contributed by atoms with Crippen LogP contribution in [0.25, 0.3) is 0 Å². The number of carboxylic acids is 1. The topological polar surface area (TPSA) is 79.5 Å². The van der Waals surface area contributed by atoms with Gasteiger partial charge in [0.05, 0.1) is 13.1 Å². The maximum Gasteiger partial charge on any atom is 0.317 e. The van der Waals surface area contributed by atoms with Gasteiger partial charge in [0.15, 0.2) is 5.82 Å². The van der Waals surface area contributed by atoms with Crippen LogP contribution < -0.4 is 0 Å². The summed E-state index contributed by atoms with van der Waals surface area (Å²) in [6.45, 7) is 9.33. The van der Waals surface area contributed by atoms with Gasteiger partial charge in [-0.25, -0.2) is 0 Å². The van der Waals surface area contributed by atoms with Crippen molar-refractivity contribution in [3.63, 3.8) is 0 Å². The lowest BCUT2D eigenvalue weighted by molar-refractivity contribution is -0.138. The van der Waals surface area contributed by atoms with E-state index >= 15 is 0 Å². The molecule has 1 aromatic heterocycles. The van der Waals surface area contributed by atoms with Gasteiger partial charge in [0.2, 0.25) is 5.89 Å². The van der Waals surface area contributed by atoms with Crippen LogP contribution in [0.3, 0.4) is 0 Å². The third-order valence-electron chi connectivity index (χ3n) is 2.44. The van der Waals surface area contributed by atoms with Crippen LogP contribution in [-0.4, -0.2) is 39.2 Å². The van der Waals surface area contributed by atoms with Crippen molar-refractivity contribution in [1.29, 1.82) is 0 Å². The molecule has 0 saturated carbocycles. The Labute approximate surface area is 113 Å². The fourth-order valence-electron chi connectivity index (χ4n) is 1.89. The van der Waals surface area contributed by atoms with Crippen LogP contribution in [0.4, 0.5) is 0 Å². The standard InChI is InChI=1S/C13H23N3O3/c1-9(2)5-11-14-12(19-15-11)7-16(6-10(3)4)8-13(17)18/h9-10H,5-8H2,1-4H3,(H,17,18). The molecular weight excluding hydrogens is 246 g/mol. The van der Waals surface area contributed by atoms with E-state index in [1.807, 2.05) is 13.8 Å². The van der Waals surface area contributed by atoms with Gasteiger partial charge in [-0.2, -0.15) is 4.98 Å². The molecule has 19 heavy (non-hydrogen) atoms. The Hall–Kier alpha value is -1.43. The number of carboxylic acid groups (broad SMARTS) is 1. The Kier molecular flexibility index (Phi) is 5.95. The molecule has 0 radical (unpaired) electrons. The predicted octanol–water partition coefficient (Wildman–Crippen LogP) is 1.81. The van der Waals surface area contributed by atoms with Crippen LogP contribution in [0.1, 0.15) is 39.4 Å². The van der Waals surface area contributed by atoms with E-state index in [1.165, 1.54) is 0 Å². The second-order valence-corrected chi connectivity index (χ2v) is 5.66. The number of hydrogen-bond donors (Lipinski definition) is 1. The number of hydrogen-bond acceptors (Lipinski definition) is 5. The van der Waals surface area contributed by atoms with Crippen molar-refractivity contribution in [3.05, 3.63) is 11.7 Å². The lowest BCUT2D eigenvalue weighted by Crippen LogP contribution is -2.32. The van der Waals surface area contributed by atoms with Crippen LogP contribution in [0.2, 0.25) is 0 Å². The van der Waals surface area contributed by atoms with Crippen molar-refractivity contribution in [2.75, 3.05) is 13.1 Å². The first-order chi connectivity index (χ1) is 8.86. The summed E-state index contributed by atoms with van der Waals surface area (Å²) >= 11 is 0. The van der Waals surface area contributed by atoms with Gasteiger partial charge in [0.25, 0.3) is 0 Å². The molecule has 1 rings (SSSR count). The molecule has 1 aromatic rings. The number of carbonyl (C=O) groups is 1. The number of aromatic nitrogens is 2. The molecule has 0 aliphatic carbocycles. The minimum atomic E-state index is -0.845. The van der Waals surface area contributed by atoms with E-state index in [0.29, 0.717) is 36.6 Å². The largest absolute Gasteiger partial charge is 0.480 e. The minimum absolute atomic E-state index is 0.0138. The van der Waals surface area contributed by atoms with Gasteiger partial charge in [0.1, 0.15) is 0 Å². The molecule has 0 amide bonds. The maximum absolute atomic E-state index is 10.8. The Balaban J connectivity index is 2.62. The molecule has 0 atom stereocenters. The summed E-state index contributed by atoms with van der Waals surface area (Å²) in [5.74, 6) is 1.18. The van der Waals surface area contributed by atoms with Crippen molar-refractivity contribution in [2.24, 2.45) is 11.8 Å². The third kappa shape index (κ3) is 6.33. The highest BCUT2D eigenvalue weighted by Crippen LogP contribution is 2.08. The van der Waals surface area contributed by atoms with Gasteiger partial charge in [0, 0.05) is 13.0 Å². The van der Waals surface area contributed by atoms with Crippen LogP contribution in [0, 0.1) is 11.8 Å². The first-order valence-electron chi connectivity index (χ1n) is 6.62. The zero-order valence-electron chi connectivity index (χ0n) is 12.1. The van der Waals surface area contributed by atoms with E-state index in [9.17, 15) is 4.79 Å². The molecule has 1 heterocycles. The maximum atomic E-state index is 10.8. The quantitative estimate of drug-likeness (QED) is 0.775. The Morgan fingerprint density at radius 3 is 2.53 bits per heavy atom. The molecule has 0 saturated heterocycles. The summed E-state index contributed by atoms with van der Waals surface area (Å²) < 4.78 is 5.16. The molecule has 0 bridgehead atoms. The van der Waals surface area contributed by atoms with Crippen LogP contribution in [0.5, 0.6) is 0 Å². The van der Waals surface area contributed by atoms with Gasteiger partial charge < -0.3 is 9.63 Å². The van der Waals surface area contributed by atoms with Crippen LogP contribution >= 0.6 is 0 Å². The summed E-state index contributed by atoms with van der Waals surface area (Å²) in [7, 11) is 0. The van der Waals surface area contributed by atoms with Crippen molar-refractivity contribution in [1.82, 2.24) is 15.0 Å². The van der Waals surface area contributed by atoms with Crippen molar-refractivity contribution < 1.29 is 14.4 Å². The molecule has 0 aliphatic heterocycles. The number of rotatable bonds is 8. The highest BCUT2D eigenvalue weighted by Gasteiger charge is 2.16. The second kappa shape index (κ2) is 7.23. The zero-order valence-corrected chi connectivity index (χ0v) is 12.1. The summed E-state index contributed by atoms with van der Waals surface area (Å²) in [5, 5.41) is 12.8. The molecule has 0 fully saturated rings. The van der Waals surface area contributed by atoms with Gasteiger partial charge in [-0.1, -0.05) is 32.9 Å². The van der Waals surface area contributed by atoms with E-state index in [-0.39, 0.29) is 6.54 Å². The molecule has 1 N–H and O–H groups in total. The highest BCUT2D eigenvalue weighted by atomic mass is 16.5. The van der Waals surface area contributed by atoms with Gasteiger partial charge in [-0.05, 0) is 11.8 Å². The summed E-state index contributed by atoms with van der Waals surface area (Å²) in [6.07, 6.45) is 0.770. The fraction of sp³-hybridized carbons (Fsp3) is 0.769. The van der Waals surface area contributed by atoms with Gasteiger partial charge >= 0.3 is 5.97 Å². The van der Waals surface area contributed by atoms with E-state index in [0.717, 1.165) is 6.42 Å². The molecular formula is C13H23N3O3. The SMILES string of the molecule is CC(C)Cc1noc(CN(CC(=O)O)CC(C)C)n1. The van der Waals surface area contributed by atoms with Gasteiger partial charge in [-0.3, -0.25) is 9.69 Å². The smallest absolute Gasteiger partial charge is 0.317 e. The molecule has 0 unspecified atom stereocenters. The van der Waals surface area contributed by atoms with E-state index < -0.39 is 5.97 Å². The van der Waals surface area contributed by atoms with E-state index in [2.05, 4.69) is 24.0 Å². The Morgan fingerprint density at radius 2 is 2.00 bits per heavy atom. The lowest BCUT2D eigenvalue weighted by atomic mass is 10.1. The lowest BCUT2D eigenvalue weighted by Gasteiger charge is -2.20. The summed E-state index contributed by atoms with van der Waals surface area (Å²) in [5.41, 5.74) is 0. The second-order valence-electron chi connectivity index (χ2n) is 5.66. The fourth-order valence-corrected chi connectivity index (χ4v) is 1.89. The molecule has 0 aliphatic rings. The molecule has 0 aromatic carbocycles. The first kappa shape index (κ1) is 15.6. The van der Waals surface area contributed by atoms with Gasteiger partial charge in [-0.15, -0.1) is 0 Å². The van der Waals surface area contributed by atoms with Crippen molar-refractivity contribution >= 4 is 5.97 Å². The number of aliphatic carboxylic acids is 1. The Morgan fingerprint density at radius 1 is 1.32 bits per heavy atom. The summed E-state index contributed by atoms with van der Waals surface area (Å²) in [6, 6.07) is 0. The Bertz CT molecular complexity index is 402. The summed E-state index contributed by atoms with van der Waals surface area (Å²) in [4.78, 5) is 16.9. The predicted molar refractivity (Wildman–Crippen MR) is 70.6 cm³/mol. The van der Waals surface area contributed by atoms with E-state index in [4.69, 9.17) is 9.63 Å². The average molecular weight is 269 g/mol. The number of nitrogens with zero attached hydrogens (tertiary/aromatic N) is 3. The average Bonchev–Trinajstić information content (AvgIpc) is 2.61. The van der Waals surface area contributed by atoms with Crippen molar-refractivity contribution in [3.8, 4) is 0 Å². The monoisotopic (exact) mass is 269 g/mol. The van der Waals surface area contributed by atoms with Crippen LogP contribution in [0.15, 0.2) is 4.52 Å². The zero-order chi connectivity index (χ0) is 14.4. The van der Waals surface area contributed by atoms with Crippen molar-refractivity contribution in [2.45, 2.75) is 40.7 Å².